The Hall–Kier alpha value is -1.01. The molecule has 1 aromatic carbocycles. The molecule has 0 bridgehead atoms. The van der Waals surface area contributed by atoms with Crippen molar-refractivity contribution in [3.63, 3.8) is 0 Å². The summed E-state index contributed by atoms with van der Waals surface area (Å²) in [7, 11) is 0. The van der Waals surface area contributed by atoms with Crippen molar-refractivity contribution in [1.29, 1.82) is 0 Å². The smallest absolute Gasteiger partial charge is 0.240 e. The normalized spacial score (nSPS) is 21.6. The number of halogens is 1. The fourth-order valence-electron chi connectivity index (χ4n) is 2.66. The van der Waals surface area contributed by atoms with E-state index in [4.69, 9.17) is 5.73 Å². The number of amides is 2. The van der Waals surface area contributed by atoms with Crippen molar-refractivity contribution in [2.45, 2.75) is 37.1 Å². The zero-order valence-electron chi connectivity index (χ0n) is 12.6. The number of likely N-dealkylation sites (tertiary alicyclic amines) is 1. The molecular formula is C16H21BrN2O2S. The van der Waals surface area contributed by atoms with E-state index in [1.54, 1.807) is 16.7 Å². The van der Waals surface area contributed by atoms with Crippen molar-refractivity contribution in [2.75, 3.05) is 12.3 Å². The minimum absolute atomic E-state index is 0.0234. The third-order valence-corrected chi connectivity index (χ3v) is 5.95. The summed E-state index contributed by atoms with van der Waals surface area (Å²) in [5.74, 6) is 0.767. The van der Waals surface area contributed by atoms with Crippen molar-refractivity contribution < 1.29 is 9.59 Å². The van der Waals surface area contributed by atoms with Crippen molar-refractivity contribution in [2.24, 2.45) is 11.7 Å². The van der Waals surface area contributed by atoms with Gasteiger partial charge < -0.3 is 10.6 Å². The lowest BCUT2D eigenvalue weighted by Crippen LogP contribution is -2.52. The number of carbonyl (C=O) groups is 2. The zero-order chi connectivity index (χ0) is 16.1. The average Bonchev–Trinajstić information content (AvgIpc) is 2.49. The Balaban J connectivity index is 1.88. The molecule has 2 rings (SSSR count). The van der Waals surface area contributed by atoms with Gasteiger partial charge in [0.1, 0.15) is 6.04 Å². The summed E-state index contributed by atoms with van der Waals surface area (Å²) < 4.78 is 1.04. The maximum Gasteiger partial charge on any atom is 0.240 e. The lowest BCUT2D eigenvalue weighted by Gasteiger charge is -2.36. The van der Waals surface area contributed by atoms with Crippen LogP contribution in [0.5, 0.6) is 0 Å². The first-order valence-corrected chi connectivity index (χ1v) is 9.23. The van der Waals surface area contributed by atoms with Gasteiger partial charge in [-0.15, -0.1) is 11.8 Å². The Kier molecular flexibility index (Phi) is 6.32. The topological polar surface area (TPSA) is 63.4 Å². The number of benzene rings is 1. The van der Waals surface area contributed by atoms with Gasteiger partial charge in [-0.25, -0.2) is 0 Å². The van der Waals surface area contributed by atoms with E-state index in [9.17, 15) is 9.59 Å². The highest BCUT2D eigenvalue weighted by Gasteiger charge is 2.33. The van der Waals surface area contributed by atoms with E-state index < -0.39 is 11.9 Å². The quantitative estimate of drug-likeness (QED) is 0.793. The molecule has 22 heavy (non-hydrogen) atoms. The van der Waals surface area contributed by atoms with E-state index in [1.165, 1.54) is 0 Å². The molecule has 1 fully saturated rings. The first-order valence-electron chi connectivity index (χ1n) is 7.45. The first-order chi connectivity index (χ1) is 10.5. The second kappa shape index (κ2) is 8.02. The molecule has 2 atom stereocenters. The Morgan fingerprint density at radius 1 is 1.41 bits per heavy atom. The third kappa shape index (κ3) is 4.49. The summed E-state index contributed by atoms with van der Waals surface area (Å²) >= 11 is 5.14. The van der Waals surface area contributed by atoms with Crippen LogP contribution in [0.15, 0.2) is 33.6 Å². The van der Waals surface area contributed by atoms with Crippen LogP contribution >= 0.6 is 27.7 Å². The van der Waals surface area contributed by atoms with Gasteiger partial charge in [0.25, 0.3) is 0 Å². The fraction of sp³-hybridized carbons (Fsp3) is 0.500. The molecule has 1 saturated heterocycles. The van der Waals surface area contributed by atoms with E-state index >= 15 is 0 Å². The van der Waals surface area contributed by atoms with Crippen LogP contribution in [0.1, 0.15) is 26.2 Å². The number of hydrogen-bond acceptors (Lipinski definition) is 3. The van der Waals surface area contributed by atoms with Crippen LogP contribution in [0.25, 0.3) is 0 Å². The van der Waals surface area contributed by atoms with Crippen LogP contribution in [-0.2, 0) is 9.59 Å². The highest BCUT2D eigenvalue weighted by molar-refractivity contribution is 9.10. The lowest BCUT2D eigenvalue weighted by molar-refractivity contribution is -0.141. The molecule has 0 unspecified atom stereocenters. The number of piperidine rings is 1. The number of thioether (sulfide) groups is 1. The van der Waals surface area contributed by atoms with Crippen LogP contribution in [0.4, 0.5) is 0 Å². The van der Waals surface area contributed by atoms with Gasteiger partial charge in [-0.1, -0.05) is 19.1 Å². The van der Waals surface area contributed by atoms with Crippen LogP contribution in [0.2, 0.25) is 0 Å². The van der Waals surface area contributed by atoms with Gasteiger partial charge in [0.2, 0.25) is 11.8 Å². The number of nitrogens with zero attached hydrogens (tertiary/aromatic N) is 1. The summed E-state index contributed by atoms with van der Waals surface area (Å²) in [6.07, 6.45) is 2.04. The van der Waals surface area contributed by atoms with Crippen molar-refractivity contribution in [3.05, 3.63) is 28.7 Å². The molecule has 0 aliphatic carbocycles. The van der Waals surface area contributed by atoms with Crippen molar-refractivity contribution >= 4 is 39.5 Å². The highest BCUT2D eigenvalue weighted by atomic mass is 79.9. The second-order valence-corrected chi connectivity index (χ2v) is 7.65. The van der Waals surface area contributed by atoms with Crippen molar-refractivity contribution in [1.82, 2.24) is 4.90 Å². The summed E-state index contributed by atoms with van der Waals surface area (Å²) in [5, 5.41) is 0. The molecular weight excluding hydrogens is 364 g/mol. The van der Waals surface area contributed by atoms with E-state index in [1.807, 2.05) is 24.3 Å². The third-order valence-electron chi connectivity index (χ3n) is 3.92. The number of hydrogen-bond donors (Lipinski definition) is 1. The largest absolute Gasteiger partial charge is 0.368 e. The van der Waals surface area contributed by atoms with Crippen LogP contribution in [-0.4, -0.2) is 35.1 Å². The van der Waals surface area contributed by atoms with Gasteiger partial charge in [0.15, 0.2) is 0 Å². The molecule has 1 heterocycles. The highest BCUT2D eigenvalue weighted by Crippen LogP contribution is 2.28. The molecule has 1 aliphatic rings. The molecule has 120 valence electrons. The molecule has 2 N–H and O–H groups in total. The molecule has 2 amide bonds. The first kappa shape index (κ1) is 17.3. The van der Waals surface area contributed by atoms with Gasteiger partial charge in [-0.3, -0.25) is 9.59 Å². The molecule has 4 nitrogen and oxygen atoms in total. The number of nitrogens with two attached hydrogens (primary N) is 1. The van der Waals surface area contributed by atoms with Crippen LogP contribution < -0.4 is 5.73 Å². The summed E-state index contributed by atoms with van der Waals surface area (Å²) in [5.41, 5.74) is 5.45. The summed E-state index contributed by atoms with van der Waals surface area (Å²) in [6.45, 7) is 2.73. The lowest BCUT2D eigenvalue weighted by atomic mass is 9.92. The molecule has 1 aliphatic heterocycles. The second-order valence-electron chi connectivity index (χ2n) is 5.66. The van der Waals surface area contributed by atoms with Gasteiger partial charge in [-0.2, -0.15) is 0 Å². The fourth-order valence-corrected chi connectivity index (χ4v) is 4.17. The van der Waals surface area contributed by atoms with Crippen LogP contribution in [0, 0.1) is 5.92 Å². The van der Waals surface area contributed by atoms with Crippen LogP contribution in [0.3, 0.4) is 0 Å². The Bertz CT molecular complexity index is 553. The Morgan fingerprint density at radius 3 is 2.82 bits per heavy atom. The number of rotatable bonds is 5. The SMILES string of the molecule is C[C@H]1CCN(C(=O)CCSc2ccccc2Br)[C@H](C(N)=O)C1. The maximum atomic E-state index is 12.4. The molecule has 0 spiro atoms. The van der Waals surface area contributed by atoms with Crippen molar-refractivity contribution in [3.8, 4) is 0 Å². The standard InChI is InChI=1S/C16H21BrN2O2S/c1-11-6-8-19(13(10-11)16(18)21)15(20)7-9-22-14-5-3-2-4-12(14)17/h2-5,11,13H,6-10H2,1H3,(H2,18,21)/t11-,13-/m0/s1. The molecule has 0 aromatic heterocycles. The van der Waals surface area contributed by atoms with E-state index in [0.29, 0.717) is 31.1 Å². The summed E-state index contributed by atoms with van der Waals surface area (Å²) in [4.78, 5) is 26.7. The zero-order valence-corrected chi connectivity index (χ0v) is 15.0. The number of carbonyl (C=O) groups excluding carboxylic acids is 2. The molecule has 0 radical (unpaired) electrons. The molecule has 1 aromatic rings. The minimum Gasteiger partial charge on any atom is -0.368 e. The predicted molar refractivity (Wildman–Crippen MR) is 92.6 cm³/mol. The van der Waals surface area contributed by atoms with E-state index in [2.05, 4.69) is 22.9 Å². The maximum absolute atomic E-state index is 12.4. The van der Waals surface area contributed by atoms with E-state index in [-0.39, 0.29) is 5.91 Å². The monoisotopic (exact) mass is 384 g/mol. The van der Waals surface area contributed by atoms with Gasteiger partial charge in [0, 0.05) is 28.1 Å². The average molecular weight is 385 g/mol. The van der Waals surface area contributed by atoms with Gasteiger partial charge in [0.05, 0.1) is 0 Å². The van der Waals surface area contributed by atoms with Gasteiger partial charge >= 0.3 is 0 Å². The Morgan fingerprint density at radius 2 is 2.14 bits per heavy atom. The Labute approximate surface area is 143 Å². The number of primary amides is 1. The molecule has 0 saturated carbocycles. The van der Waals surface area contributed by atoms with Gasteiger partial charge in [-0.05, 0) is 46.8 Å². The minimum atomic E-state index is -0.440. The summed E-state index contributed by atoms with van der Waals surface area (Å²) in [6, 6.07) is 7.51. The molecule has 6 heteroatoms. The van der Waals surface area contributed by atoms with E-state index in [0.717, 1.165) is 15.8 Å². The predicted octanol–water partition coefficient (Wildman–Crippen LogP) is 3.04.